The summed E-state index contributed by atoms with van der Waals surface area (Å²) in [6.07, 6.45) is 2.28. The van der Waals surface area contributed by atoms with Crippen LogP contribution in [0.2, 0.25) is 5.02 Å². The molecule has 21 heavy (non-hydrogen) atoms. The molecule has 118 valence electrons. The summed E-state index contributed by atoms with van der Waals surface area (Å²) in [6.45, 7) is 0.912. The van der Waals surface area contributed by atoms with Crippen molar-refractivity contribution in [2.24, 2.45) is 5.92 Å². The Morgan fingerprint density at radius 2 is 2.24 bits per heavy atom. The Morgan fingerprint density at radius 1 is 1.52 bits per heavy atom. The number of rotatable bonds is 4. The maximum atomic E-state index is 13.4. The van der Waals surface area contributed by atoms with Crippen LogP contribution in [0.3, 0.4) is 0 Å². The molecule has 1 N–H and O–H groups in total. The molecule has 1 heterocycles. The van der Waals surface area contributed by atoms with Gasteiger partial charge in [0.25, 0.3) is 0 Å². The molecule has 0 aliphatic carbocycles. The van der Waals surface area contributed by atoms with Gasteiger partial charge < -0.3 is 5.11 Å². The third-order valence-corrected chi connectivity index (χ3v) is 5.52. The van der Waals surface area contributed by atoms with Crippen molar-refractivity contribution in [3.05, 3.63) is 34.6 Å². The summed E-state index contributed by atoms with van der Waals surface area (Å²) < 4.78 is 38.0. The monoisotopic (exact) mass is 335 g/mol. The molecular weight excluding hydrogens is 317 g/mol. The molecule has 0 radical (unpaired) electrons. The lowest BCUT2D eigenvalue weighted by Gasteiger charge is -2.32. The van der Waals surface area contributed by atoms with Gasteiger partial charge in [-0.1, -0.05) is 23.7 Å². The van der Waals surface area contributed by atoms with Gasteiger partial charge in [0.15, 0.2) is 0 Å². The number of hydrogen-bond acceptors (Lipinski definition) is 3. The van der Waals surface area contributed by atoms with Crippen LogP contribution in [-0.4, -0.2) is 37.2 Å². The largest absolute Gasteiger partial charge is 0.388 e. The van der Waals surface area contributed by atoms with E-state index in [9.17, 15) is 17.9 Å². The van der Waals surface area contributed by atoms with Gasteiger partial charge >= 0.3 is 0 Å². The number of halogens is 2. The molecule has 0 spiro atoms. The number of nitrogens with zero attached hydrogens (tertiary/aromatic N) is 1. The fourth-order valence-corrected chi connectivity index (χ4v) is 3.94. The second kappa shape index (κ2) is 6.60. The molecule has 0 saturated carbocycles. The molecule has 1 fully saturated rings. The molecule has 0 aromatic heterocycles. The molecule has 0 amide bonds. The summed E-state index contributed by atoms with van der Waals surface area (Å²) in [7, 11) is -3.21. The van der Waals surface area contributed by atoms with E-state index in [1.165, 1.54) is 22.7 Å². The molecule has 7 heteroatoms. The fourth-order valence-electron chi connectivity index (χ4n) is 2.74. The molecule has 2 rings (SSSR count). The van der Waals surface area contributed by atoms with E-state index in [4.69, 9.17) is 11.6 Å². The van der Waals surface area contributed by atoms with E-state index in [0.717, 1.165) is 12.8 Å². The highest BCUT2D eigenvalue weighted by atomic mass is 35.5. The molecule has 1 aromatic rings. The van der Waals surface area contributed by atoms with Crippen LogP contribution in [0, 0.1) is 11.7 Å². The highest BCUT2D eigenvalue weighted by molar-refractivity contribution is 7.88. The number of hydrogen-bond donors (Lipinski definition) is 1. The molecule has 1 saturated heterocycles. The quantitative estimate of drug-likeness (QED) is 0.920. The number of sulfonamides is 1. The summed E-state index contributed by atoms with van der Waals surface area (Å²) in [4.78, 5) is 0. The first-order chi connectivity index (χ1) is 9.79. The van der Waals surface area contributed by atoms with Crippen molar-refractivity contribution in [1.29, 1.82) is 0 Å². The van der Waals surface area contributed by atoms with Crippen LogP contribution in [0.15, 0.2) is 18.2 Å². The van der Waals surface area contributed by atoms with Gasteiger partial charge in [-0.15, -0.1) is 0 Å². The SMILES string of the molecule is CS(=O)(=O)N1CCCC(CC(O)c2cccc(F)c2Cl)C1. The Bertz CT molecular complexity index is 608. The first kappa shape index (κ1) is 16.7. The Hall–Kier alpha value is -0.690. The summed E-state index contributed by atoms with van der Waals surface area (Å²) in [5, 5.41) is 10.2. The molecule has 1 aliphatic heterocycles. The first-order valence-electron chi connectivity index (χ1n) is 6.86. The van der Waals surface area contributed by atoms with Crippen LogP contribution >= 0.6 is 11.6 Å². The average Bonchev–Trinajstić information content (AvgIpc) is 2.41. The van der Waals surface area contributed by atoms with Crippen molar-refractivity contribution in [3.63, 3.8) is 0 Å². The van der Waals surface area contributed by atoms with Gasteiger partial charge in [0, 0.05) is 18.7 Å². The number of aliphatic hydroxyl groups excluding tert-OH is 1. The van der Waals surface area contributed by atoms with Crippen molar-refractivity contribution in [3.8, 4) is 0 Å². The number of piperidine rings is 1. The van der Waals surface area contributed by atoms with Gasteiger partial charge in [-0.05, 0) is 31.2 Å². The van der Waals surface area contributed by atoms with Crippen LogP contribution in [0.25, 0.3) is 0 Å². The smallest absolute Gasteiger partial charge is 0.211 e. The van der Waals surface area contributed by atoms with Gasteiger partial charge in [0.2, 0.25) is 10.0 Å². The Kier molecular flexibility index (Phi) is 5.24. The molecule has 0 bridgehead atoms. The minimum Gasteiger partial charge on any atom is -0.388 e. The maximum Gasteiger partial charge on any atom is 0.211 e. The molecule has 1 aromatic carbocycles. The van der Waals surface area contributed by atoms with E-state index in [2.05, 4.69) is 0 Å². The van der Waals surface area contributed by atoms with Crippen molar-refractivity contribution < 1.29 is 17.9 Å². The minimum atomic E-state index is -3.21. The molecule has 1 aliphatic rings. The van der Waals surface area contributed by atoms with Crippen LogP contribution in [-0.2, 0) is 10.0 Å². The van der Waals surface area contributed by atoms with E-state index in [1.54, 1.807) is 6.07 Å². The topological polar surface area (TPSA) is 57.6 Å². The highest BCUT2D eigenvalue weighted by Gasteiger charge is 2.28. The second-order valence-corrected chi connectivity index (χ2v) is 7.88. The van der Waals surface area contributed by atoms with E-state index in [-0.39, 0.29) is 10.9 Å². The van der Waals surface area contributed by atoms with Gasteiger partial charge in [0.1, 0.15) is 5.82 Å². The Labute approximate surface area is 129 Å². The van der Waals surface area contributed by atoms with Crippen molar-refractivity contribution in [1.82, 2.24) is 4.31 Å². The summed E-state index contributed by atoms with van der Waals surface area (Å²) in [6, 6.07) is 4.33. The maximum absolute atomic E-state index is 13.4. The van der Waals surface area contributed by atoms with E-state index in [1.807, 2.05) is 0 Å². The third-order valence-electron chi connectivity index (χ3n) is 3.85. The zero-order valence-electron chi connectivity index (χ0n) is 11.8. The minimum absolute atomic E-state index is 0.0443. The fraction of sp³-hybridized carbons (Fsp3) is 0.571. The van der Waals surface area contributed by atoms with Crippen molar-refractivity contribution in [2.45, 2.75) is 25.4 Å². The average molecular weight is 336 g/mol. The predicted molar refractivity (Wildman–Crippen MR) is 80.1 cm³/mol. The van der Waals surface area contributed by atoms with Crippen LogP contribution in [0.4, 0.5) is 4.39 Å². The highest BCUT2D eigenvalue weighted by Crippen LogP contribution is 2.32. The summed E-state index contributed by atoms with van der Waals surface area (Å²) in [5.74, 6) is -0.516. The van der Waals surface area contributed by atoms with E-state index < -0.39 is 21.9 Å². The first-order valence-corrected chi connectivity index (χ1v) is 9.08. The summed E-state index contributed by atoms with van der Waals surface area (Å²) in [5.41, 5.74) is 0.355. The number of benzene rings is 1. The molecule has 2 unspecified atom stereocenters. The second-order valence-electron chi connectivity index (χ2n) is 5.52. The van der Waals surface area contributed by atoms with Crippen LogP contribution in [0.5, 0.6) is 0 Å². The molecule has 4 nitrogen and oxygen atoms in total. The van der Waals surface area contributed by atoms with Gasteiger partial charge in [-0.2, -0.15) is 0 Å². The zero-order chi connectivity index (χ0) is 15.6. The van der Waals surface area contributed by atoms with Crippen molar-refractivity contribution >= 4 is 21.6 Å². The Morgan fingerprint density at radius 3 is 2.90 bits per heavy atom. The van der Waals surface area contributed by atoms with Gasteiger partial charge in [-0.3, -0.25) is 0 Å². The lowest BCUT2D eigenvalue weighted by atomic mass is 9.91. The normalized spacial score (nSPS) is 22.2. The molecular formula is C14H19ClFNO3S. The van der Waals surface area contributed by atoms with Crippen LogP contribution < -0.4 is 0 Å². The molecule has 2 atom stereocenters. The predicted octanol–water partition coefficient (Wildman–Crippen LogP) is 2.57. The lowest BCUT2D eigenvalue weighted by molar-refractivity contribution is 0.122. The van der Waals surface area contributed by atoms with Gasteiger partial charge in [-0.25, -0.2) is 17.1 Å². The van der Waals surface area contributed by atoms with Crippen LogP contribution in [0.1, 0.15) is 30.9 Å². The zero-order valence-corrected chi connectivity index (χ0v) is 13.4. The Balaban J connectivity index is 2.06. The standard InChI is InChI=1S/C14H19ClFNO3S/c1-21(19,20)17-7-3-4-10(9-17)8-13(18)11-5-2-6-12(16)14(11)15/h2,5-6,10,13,18H,3-4,7-9H2,1H3. The lowest BCUT2D eigenvalue weighted by Crippen LogP contribution is -2.39. The third kappa shape index (κ3) is 4.16. The van der Waals surface area contributed by atoms with E-state index in [0.29, 0.717) is 25.1 Å². The number of aliphatic hydroxyl groups is 1. The summed E-state index contributed by atoms with van der Waals surface area (Å²) >= 11 is 5.87. The van der Waals surface area contributed by atoms with Crippen molar-refractivity contribution in [2.75, 3.05) is 19.3 Å². The van der Waals surface area contributed by atoms with Gasteiger partial charge in [0.05, 0.1) is 17.4 Å². The van der Waals surface area contributed by atoms with E-state index >= 15 is 0 Å².